The van der Waals surface area contributed by atoms with Crippen LogP contribution in [-0.4, -0.2) is 62.2 Å². The second kappa shape index (κ2) is 10.9. The summed E-state index contributed by atoms with van der Waals surface area (Å²) in [6, 6.07) is 12.8. The van der Waals surface area contributed by atoms with Crippen LogP contribution in [0.1, 0.15) is 42.6 Å². The van der Waals surface area contributed by atoms with Crippen LogP contribution in [0.5, 0.6) is 0 Å². The first-order valence-electron chi connectivity index (χ1n) is 11.9. The van der Waals surface area contributed by atoms with Crippen molar-refractivity contribution in [3.63, 3.8) is 0 Å². The van der Waals surface area contributed by atoms with Gasteiger partial charge in [0, 0.05) is 31.4 Å². The van der Waals surface area contributed by atoms with E-state index in [1.165, 1.54) is 0 Å². The van der Waals surface area contributed by atoms with Gasteiger partial charge in [0.05, 0.1) is 23.8 Å². The van der Waals surface area contributed by atoms with Crippen LogP contribution in [0, 0.1) is 5.92 Å². The van der Waals surface area contributed by atoms with Crippen LogP contribution in [-0.2, 0) is 16.1 Å². The minimum absolute atomic E-state index is 0.0858. The number of oxime groups is 1. The Labute approximate surface area is 209 Å². The molecule has 0 aliphatic carbocycles. The van der Waals surface area contributed by atoms with Crippen molar-refractivity contribution in [3.8, 4) is 0 Å². The maximum Gasteiger partial charge on any atom is 0.475 e. The fourth-order valence-electron chi connectivity index (χ4n) is 4.33. The highest BCUT2D eigenvalue weighted by Crippen LogP contribution is 2.29. The highest BCUT2D eigenvalue weighted by molar-refractivity contribution is 6.43. The quantitative estimate of drug-likeness (QED) is 0.316. The molecule has 36 heavy (non-hydrogen) atoms. The van der Waals surface area contributed by atoms with Gasteiger partial charge in [-0.15, -0.1) is 0 Å². The van der Waals surface area contributed by atoms with E-state index in [0.29, 0.717) is 23.3 Å². The van der Waals surface area contributed by atoms with Gasteiger partial charge in [0.25, 0.3) is 11.8 Å². The first-order chi connectivity index (χ1) is 17.3. The molecule has 1 aliphatic rings. The smallest absolute Gasteiger partial charge is 0.426 e. The molecule has 2 amide bonds. The lowest BCUT2D eigenvalue weighted by atomic mass is 9.74. The lowest BCUT2D eigenvalue weighted by Gasteiger charge is -2.29. The minimum Gasteiger partial charge on any atom is -0.426 e. The molecule has 2 aromatic heterocycles. The third kappa shape index (κ3) is 5.75. The Morgan fingerprint density at radius 3 is 2.67 bits per heavy atom. The zero-order chi connectivity index (χ0) is 25.7. The van der Waals surface area contributed by atoms with Crippen molar-refractivity contribution in [1.82, 2.24) is 20.0 Å². The first-order valence-corrected chi connectivity index (χ1v) is 11.9. The van der Waals surface area contributed by atoms with Gasteiger partial charge >= 0.3 is 7.12 Å². The molecule has 4 rings (SSSR count). The van der Waals surface area contributed by atoms with E-state index in [2.05, 4.69) is 20.8 Å². The average molecular weight is 491 g/mol. The van der Waals surface area contributed by atoms with Crippen LogP contribution < -0.4 is 10.6 Å². The second-order valence-corrected chi connectivity index (χ2v) is 9.47. The van der Waals surface area contributed by atoms with Crippen molar-refractivity contribution < 1.29 is 24.5 Å². The Bertz CT molecular complexity index is 1250. The monoisotopic (exact) mass is 491 g/mol. The normalized spacial score (nSPS) is 18.0. The van der Waals surface area contributed by atoms with Gasteiger partial charge in [-0.3, -0.25) is 9.59 Å². The summed E-state index contributed by atoms with van der Waals surface area (Å²) in [6.07, 6.45) is 5.93. The summed E-state index contributed by atoms with van der Waals surface area (Å²) in [7, 11) is -1.71. The third-order valence-corrected chi connectivity index (χ3v) is 6.10. The topological polar surface area (TPSA) is 138 Å². The van der Waals surface area contributed by atoms with Gasteiger partial charge in [-0.2, -0.15) is 0 Å². The van der Waals surface area contributed by atoms with Crippen molar-refractivity contribution in [2.24, 2.45) is 11.1 Å². The highest BCUT2D eigenvalue weighted by Gasteiger charge is 2.48. The molecule has 0 bridgehead atoms. The number of fused-ring (bicyclic) bond motifs is 1. The van der Waals surface area contributed by atoms with Crippen molar-refractivity contribution in [1.29, 1.82) is 0 Å². The first kappa shape index (κ1) is 25.4. The summed E-state index contributed by atoms with van der Waals surface area (Å²) >= 11 is 0. The van der Waals surface area contributed by atoms with E-state index < -0.39 is 24.6 Å². The Kier molecular flexibility index (Phi) is 7.71. The van der Waals surface area contributed by atoms with Crippen LogP contribution >= 0.6 is 0 Å². The number of nitrogens with one attached hydrogen (secondary N) is 2. The molecule has 0 radical (unpaired) electrons. The largest absolute Gasteiger partial charge is 0.475 e. The van der Waals surface area contributed by atoms with Gasteiger partial charge < -0.3 is 29.9 Å². The number of imidazole rings is 1. The molecule has 4 N–H and O–H groups in total. The fraction of sp³-hybridized carbons (Fsp3) is 0.360. The molecule has 1 aliphatic heterocycles. The predicted molar refractivity (Wildman–Crippen MR) is 135 cm³/mol. The van der Waals surface area contributed by atoms with E-state index in [4.69, 9.17) is 4.84 Å². The van der Waals surface area contributed by atoms with Gasteiger partial charge in [0.2, 0.25) is 5.60 Å². The van der Waals surface area contributed by atoms with E-state index in [1.807, 2.05) is 44.2 Å². The van der Waals surface area contributed by atoms with Crippen molar-refractivity contribution in [3.05, 3.63) is 72.2 Å². The van der Waals surface area contributed by atoms with Gasteiger partial charge in [0.15, 0.2) is 0 Å². The number of pyridine rings is 1. The summed E-state index contributed by atoms with van der Waals surface area (Å²) in [4.78, 5) is 36.3. The summed E-state index contributed by atoms with van der Waals surface area (Å²) in [5.74, 6) is -1.53. The summed E-state index contributed by atoms with van der Waals surface area (Å²) < 4.78 is 1.75. The molecular weight excluding hydrogens is 461 g/mol. The third-order valence-electron chi connectivity index (χ3n) is 6.10. The number of rotatable bonds is 10. The predicted octanol–water partition coefficient (Wildman–Crippen LogP) is 1.36. The minimum atomic E-state index is -1.71. The zero-order valence-electron chi connectivity index (χ0n) is 20.3. The summed E-state index contributed by atoms with van der Waals surface area (Å²) in [5.41, 5.74) is 0.938. The average Bonchev–Trinajstić information content (AvgIpc) is 3.50. The fourth-order valence-corrected chi connectivity index (χ4v) is 4.33. The van der Waals surface area contributed by atoms with E-state index in [1.54, 1.807) is 35.1 Å². The van der Waals surface area contributed by atoms with Crippen LogP contribution in [0.15, 0.2) is 66.2 Å². The van der Waals surface area contributed by atoms with E-state index >= 15 is 0 Å². The molecule has 1 unspecified atom stereocenters. The summed E-state index contributed by atoms with van der Waals surface area (Å²) in [6.45, 7) is 3.95. The lowest BCUT2D eigenvalue weighted by molar-refractivity contribution is -0.144. The van der Waals surface area contributed by atoms with Crippen LogP contribution in [0.3, 0.4) is 0 Å². The zero-order valence-corrected chi connectivity index (χ0v) is 20.3. The summed E-state index contributed by atoms with van der Waals surface area (Å²) in [5, 5.41) is 29.3. The van der Waals surface area contributed by atoms with Crippen LogP contribution in [0.2, 0.25) is 0 Å². The maximum absolute atomic E-state index is 13.5. The SMILES string of the molecule is CC(C)C[C@H](NC(=O)C1(Cc2ccccc2)CC(CNC(=O)c2cccn3ccnc23)=NO1)B(O)O. The molecule has 2 atom stereocenters. The molecule has 188 valence electrons. The molecule has 0 saturated carbocycles. The molecule has 10 nitrogen and oxygen atoms in total. The van der Waals surface area contributed by atoms with E-state index in [-0.39, 0.29) is 31.2 Å². The van der Waals surface area contributed by atoms with Crippen LogP contribution in [0.25, 0.3) is 5.65 Å². The molecule has 0 saturated heterocycles. The molecule has 11 heteroatoms. The maximum atomic E-state index is 13.5. The number of aromatic nitrogens is 2. The van der Waals surface area contributed by atoms with Gasteiger partial charge in [-0.25, -0.2) is 4.98 Å². The van der Waals surface area contributed by atoms with Crippen LogP contribution in [0.4, 0.5) is 0 Å². The number of carbonyl (C=O) groups excluding carboxylic acids is 2. The number of hydrogen-bond donors (Lipinski definition) is 4. The van der Waals surface area contributed by atoms with Gasteiger partial charge in [-0.05, 0) is 30.0 Å². The Hall–Kier alpha value is -3.70. The number of amides is 2. The molecular formula is C25H30BN5O5. The van der Waals surface area contributed by atoms with Gasteiger partial charge in [0.1, 0.15) is 5.65 Å². The van der Waals surface area contributed by atoms with E-state index in [9.17, 15) is 19.6 Å². The Morgan fingerprint density at radius 1 is 1.17 bits per heavy atom. The van der Waals surface area contributed by atoms with Crippen molar-refractivity contribution in [2.45, 2.75) is 44.7 Å². The molecule has 3 aromatic rings. The molecule has 0 fully saturated rings. The highest BCUT2D eigenvalue weighted by atomic mass is 16.7. The van der Waals surface area contributed by atoms with E-state index in [0.717, 1.165) is 5.56 Å². The number of hydrogen-bond acceptors (Lipinski definition) is 7. The van der Waals surface area contributed by atoms with Crippen molar-refractivity contribution in [2.75, 3.05) is 6.54 Å². The van der Waals surface area contributed by atoms with Gasteiger partial charge in [-0.1, -0.05) is 49.3 Å². The number of benzene rings is 1. The number of nitrogens with zero attached hydrogens (tertiary/aromatic N) is 3. The number of carbonyl (C=O) groups is 2. The Balaban J connectivity index is 1.48. The second-order valence-electron chi connectivity index (χ2n) is 9.47. The molecule has 3 heterocycles. The molecule has 0 spiro atoms. The van der Waals surface area contributed by atoms with Crippen molar-refractivity contribution >= 4 is 30.3 Å². The lowest BCUT2D eigenvalue weighted by Crippen LogP contribution is -2.56. The Morgan fingerprint density at radius 2 is 1.94 bits per heavy atom. The standard InChI is InChI=1S/C25H30BN5O5/c1-17(2)13-21(26(34)35)29-24(33)25(14-18-7-4-3-5-8-18)15-19(30-36-25)16-28-23(32)20-9-6-11-31-12-10-27-22(20)31/h3-12,17,21,34-35H,13-16H2,1-2H3,(H,28,32)(H,29,33)/t21-,25?/m0/s1. The molecule has 1 aromatic carbocycles.